The van der Waals surface area contributed by atoms with Gasteiger partial charge in [-0.25, -0.2) is 0 Å². The number of methoxy groups -OCH3 is 2. The Balaban J connectivity index is 1.86. The van der Waals surface area contributed by atoms with Crippen LogP contribution in [-0.4, -0.2) is 30.3 Å². The summed E-state index contributed by atoms with van der Waals surface area (Å²) in [5, 5.41) is 8.71. The number of fused-ring (bicyclic) bond motifs is 2. The lowest BCUT2D eigenvalue weighted by molar-refractivity contribution is 0.0970. The zero-order valence-electron chi connectivity index (χ0n) is 16.9. The Labute approximate surface area is 180 Å². The Kier molecular flexibility index (Phi) is 4.48. The van der Waals surface area contributed by atoms with Crippen molar-refractivity contribution in [3.8, 4) is 11.5 Å². The van der Waals surface area contributed by atoms with Crippen molar-refractivity contribution < 1.29 is 18.7 Å². The normalized spacial score (nSPS) is 15.4. The van der Waals surface area contributed by atoms with Gasteiger partial charge in [-0.1, -0.05) is 23.0 Å². The number of amides is 1. The lowest BCUT2D eigenvalue weighted by atomic mass is 9.97. The fraction of sp³-hybridized carbons (Fsp3) is 0.182. The molecule has 5 rings (SSSR count). The number of aromatic nitrogens is 2. The van der Waals surface area contributed by atoms with Gasteiger partial charge in [-0.15, -0.1) is 10.2 Å². The van der Waals surface area contributed by atoms with Crippen molar-refractivity contribution in [2.75, 3.05) is 19.1 Å². The highest BCUT2D eigenvalue weighted by molar-refractivity contribution is 7.13. The van der Waals surface area contributed by atoms with Crippen molar-refractivity contribution >= 4 is 33.3 Å². The maximum absolute atomic E-state index is 13.6. The van der Waals surface area contributed by atoms with Gasteiger partial charge in [0, 0.05) is 5.56 Å². The molecule has 0 bridgehead atoms. The Morgan fingerprint density at radius 3 is 2.65 bits per heavy atom. The summed E-state index contributed by atoms with van der Waals surface area (Å²) >= 11 is 1.20. The van der Waals surface area contributed by atoms with Gasteiger partial charge in [0.05, 0.1) is 25.2 Å². The maximum Gasteiger partial charge on any atom is 0.297 e. The highest BCUT2D eigenvalue weighted by atomic mass is 32.1. The van der Waals surface area contributed by atoms with Crippen LogP contribution in [-0.2, 0) is 0 Å². The molecule has 0 saturated carbocycles. The molecule has 2 aromatic carbocycles. The Hall–Kier alpha value is -3.72. The molecule has 9 heteroatoms. The van der Waals surface area contributed by atoms with Crippen molar-refractivity contribution in [1.82, 2.24) is 10.2 Å². The molecular weight excluding hydrogens is 418 g/mol. The summed E-state index contributed by atoms with van der Waals surface area (Å²) < 4.78 is 16.9. The van der Waals surface area contributed by atoms with Gasteiger partial charge in [0.1, 0.15) is 28.6 Å². The summed E-state index contributed by atoms with van der Waals surface area (Å²) in [6, 6.07) is 9.74. The van der Waals surface area contributed by atoms with E-state index in [0.717, 1.165) is 5.56 Å². The predicted octanol–water partition coefficient (Wildman–Crippen LogP) is 3.72. The van der Waals surface area contributed by atoms with E-state index in [1.54, 1.807) is 37.4 Å². The number of nitrogens with zero attached hydrogens (tertiary/aromatic N) is 3. The van der Waals surface area contributed by atoms with Crippen molar-refractivity contribution in [3.05, 3.63) is 74.6 Å². The predicted molar refractivity (Wildman–Crippen MR) is 115 cm³/mol. The van der Waals surface area contributed by atoms with E-state index in [-0.39, 0.29) is 16.8 Å². The minimum absolute atomic E-state index is 0.00794. The third kappa shape index (κ3) is 2.89. The van der Waals surface area contributed by atoms with E-state index in [2.05, 4.69) is 10.2 Å². The standard InChI is InChI=1S/C22H17N3O5S/c1-11-4-6-16-14(8-11)19(26)17-18(13-9-12(28-2)5-7-15(13)29-3)25(21(27)20(17)30-16)22-24-23-10-31-22/h4-10,18H,1-3H3. The van der Waals surface area contributed by atoms with Gasteiger partial charge < -0.3 is 13.9 Å². The molecule has 31 heavy (non-hydrogen) atoms. The second-order valence-corrected chi connectivity index (χ2v) is 7.89. The molecule has 4 aromatic rings. The van der Waals surface area contributed by atoms with Gasteiger partial charge in [-0.3, -0.25) is 14.5 Å². The second kappa shape index (κ2) is 7.21. The number of rotatable bonds is 4. The van der Waals surface area contributed by atoms with Crippen LogP contribution in [0.15, 0.2) is 51.1 Å². The molecule has 0 aliphatic carbocycles. The third-order valence-electron chi connectivity index (χ3n) is 5.31. The summed E-state index contributed by atoms with van der Waals surface area (Å²) in [5.74, 6) is 0.604. The number of hydrogen-bond acceptors (Lipinski definition) is 8. The molecule has 2 aromatic heterocycles. The zero-order chi connectivity index (χ0) is 21.7. The van der Waals surface area contributed by atoms with Crippen LogP contribution in [0.1, 0.15) is 33.3 Å². The van der Waals surface area contributed by atoms with Crippen LogP contribution in [0.4, 0.5) is 5.13 Å². The van der Waals surface area contributed by atoms with Crippen LogP contribution in [0, 0.1) is 6.92 Å². The second-order valence-electron chi connectivity index (χ2n) is 7.08. The molecular formula is C22H17N3O5S. The third-order valence-corrected chi connectivity index (χ3v) is 6.00. The average Bonchev–Trinajstić information content (AvgIpc) is 3.40. The van der Waals surface area contributed by atoms with Gasteiger partial charge >= 0.3 is 0 Å². The van der Waals surface area contributed by atoms with Crippen LogP contribution in [0.25, 0.3) is 11.0 Å². The molecule has 1 unspecified atom stereocenters. The van der Waals surface area contributed by atoms with E-state index in [1.165, 1.54) is 28.9 Å². The van der Waals surface area contributed by atoms with Crippen LogP contribution >= 0.6 is 11.3 Å². The summed E-state index contributed by atoms with van der Waals surface area (Å²) in [6.07, 6.45) is 0. The van der Waals surface area contributed by atoms with Gasteiger partial charge in [-0.2, -0.15) is 0 Å². The lowest BCUT2D eigenvalue weighted by Crippen LogP contribution is -2.29. The first kappa shape index (κ1) is 19.3. The maximum atomic E-state index is 13.6. The van der Waals surface area contributed by atoms with Crippen molar-refractivity contribution in [1.29, 1.82) is 0 Å². The van der Waals surface area contributed by atoms with Crippen LogP contribution in [0.2, 0.25) is 0 Å². The molecule has 0 N–H and O–H groups in total. The monoisotopic (exact) mass is 435 g/mol. The summed E-state index contributed by atoms with van der Waals surface area (Å²) in [7, 11) is 3.08. The van der Waals surface area contributed by atoms with Crippen LogP contribution < -0.4 is 19.8 Å². The Morgan fingerprint density at radius 1 is 1.10 bits per heavy atom. The molecule has 0 radical (unpaired) electrons. The zero-order valence-corrected chi connectivity index (χ0v) is 17.7. The minimum atomic E-state index is -0.804. The number of anilines is 1. The average molecular weight is 435 g/mol. The minimum Gasteiger partial charge on any atom is -0.497 e. The molecule has 8 nitrogen and oxygen atoms in total. The van der Waals surface area contributed by atoms with E-state index < -0.39 is 11.9 Å². The SMILES string of the molecule is COc1ccc(OC)c(C2c3c(oc4ccc(C)cc4c3=O)C(=O)N2c2nncs2)c1. The quantitative estimate of drug-likeness (QED) is 0.482. The Bertz CT molecular complexity index is 1380. The molecule has 1 aliphatic heterocycles. The fourth-order valence-electron chi connectivity index (χ4n) is 3.90. The molecule has 1 atom stereocenters. The number of carbonyl (C=O) groups is 1. The van der Waals surface area contributed by atoms with Gasteiger partial charge in [-0.05, 0) is 37.3 Å². The highest BCUT2D eigenvalue weighted by Gasteiger charge is 2.46. The topological polar surface area (TPSA) is 94.8 Å². The number of carbonyl (C=O) groups excluding carboxylic acids is 1. The van der Waals surface area contributed by atoms with E-state index in [9.17, 15) is 9.59 Å². The Morgan fingerprint density at radius 2 is 1.94 bits per heavy atom. The van der Waals surface area contributed by atoms with E-state index in [1.807, 2.05) is 13.0 Å². The van der Waals surface area contributed by atoms with Crippen molar-refractivity contribution in [3.63, 3.8) is 0 Å². The first-order chi connectivity index (χ1) is 15.0. The first-order valence-electron chi connectivity index (χ1n) is 9.42. The molecule has 3 heterocycles. The number of ether oxygens (including phenoxy) is 2. The van der Waals surface area contributed by atoms with Crippen molar-refractivity contribution in [2.24, 2.45) is 0 Å². The summed E-state index contributed by atoms with van der Waals surface area (Å²) in [5.41, 5.74) is 3.36. The fourth-order valence-corrected chi connectivity index (χ4v) is 4.49. The molecule has 0 spiro atoms. The van der Waals surface area contributed by atoms with Crippen LogP contribution in [0.3, 0.4) is 0 Å². The molecule has 1 amide bonds. The van der Waals surface area contributed by atoms with Crippen LogP contribution in [0.5, 0.6) is 11.5 Å². The van der Waals surface area contributed by atoms with Gasteiger partial charge in [0.2, 0.25) is 10.9 Å². The number of hydrogen-bond donors (Lipinski definition) is 0. The largest absolute Gasteiger partial charge is 0.497 e. The van der Waals surface area contributed by atoms with Crippen molar-refractivity contribution in [2.45, 2.75) is 13.0 Å². The van der Waals surface area contributed by atoms with E-state index in [4.69, 9.17) is 13.9 Å². The lowest BCUT2D eigenvalue weighted by Gasteiger charge is -2.24. The number of aryl methyl sites for hydroxylation is 1. The highest BCUT2D eigenvalue weighted by Crippen LogP contribution is 2.45. The molecule has 1 aliphatic rings. The van der Waals surface area contributed by atoms with Gasteiger partial charge in [0.15, 0.2) is 5.43 Å². The first-order valence-corrected chi connectivity index (χ1v) is 10.3. The summed E-state index contributed by atoms with van der Waals surface area (Å²) in [4.78, 5) is 28.5. The van der Waals surface area contributed by atoms with E-state index >= 15 is 0 Å². The van der Waals surface area contributed by atoms with E-state index in [0.29, 0.717) is 33.2 Å². The summed E-state index contributed by atoms with van der Waals surface area (Å²) in [6.45, 7) is 1.90. The molecule has 0 fully saturated rings. The smallest absolute Gasteiger partial charge is 0.297 e. The molecule has 0 saturated heterocycles. The van der Waals surface area contributed by atoms with Gasteiger partial charge in [0.25, 0.3) is 5.91 Å². The molecule has 156 valence electrons. The number of benzene rings is 2.